The van der Waals surface area contributed by atoms with Crippen LogP contribution in [-0.4, -0.2) is 4.92 Å². The molecule has 0 saturated heterocycles. The number of rotatable bonds is 3. The predicted molar refractivity (Wildman–Crippen MR) is 60.5 cm³/mol. The molecule has 0 amide bonds. The van der Waals surface area contributed by atoms with Crippen LogP contribution in [-0.2, 0) is 0 Å². The second kappa shape index (κ2) is 6.04. The van der Waals surface area contributed by atoms with Gasteiger partial charge in [-0.1, -0.05) is 0 Å². The summed E-state index contributed by atoms with van der Waals surface area (Å²) in [6.07, 6.45) is 0. The number of halogens is 3. The Morgan fingerprint density at radius 2 is 1.71 bits per heavy atom. The van der Waals surface area contributed by atoms with Gasteiger partial charge in [-0.25, -0.2) is 13.2 Å². The fourth-order valence-corrected chi connectivity index (χ4v) is 1.25. The molecule has 0 saturated carbocycles. The molecule has 0 fully saturated rings. The van der Waals surface area contributed by atoms with Crippen molar-refractivity contribution < 1.29 is 18.1 Å². The van der Waals surface area contributed by atoms with Crippen molar-refractivity contribution >= 4 is 11.4 Å². The topological polar surface area (TPSA) is 127 Å². The monoisotopic (exact) mass is 293 g/mol. The van der Waals surface area contributed by atoms with Gasteiger partial charge in [-0.2, -0.15) is 15.8 Å². The molecule has 7 nitrogen and oxygen atoms in total. The lowest BCUT2D eigenvalue weighted by molar-refractivity contribution is -0.384. The van der Waals surface area contributed by atoms with E-state index in [0.717, 1.165) is 0 Å². The van der Waals surface area contributed by atoms with Crippen molar-refractivity contribution in [1.29, 1.82) is 15.8 Å². The maximum atomic E-state index is 13.6. The first-order valence-corrected chi connectivity index (χ1v) is 4.90. The van der Waals surface area contributed by atoms with E-state index < -0.39 is 45.0 Å². The van der Waals surface area contributed by atoms with E-state index in [1.54, 1.807) is 5.32 Å². The lowest BCUT2D eigenvalue weighted by Crippen LogP contribution is -2.08. The summed E-state index contributed by atoms with van der Waals surface area (Å²) in [7, 11) is 0. The van der Waals surface area contributed by atoms with E-state index in [2.05, 4.69) is 0 Å². The number of nitrogens with one attached hydrogen (secondary N) is 1. The van der Waals surface area contributed by atoms with Crippen molar-refractivity contribution in [2.75, 3.05) is 5.32 Å². The molecule has 0 unspecified atom stereocenters. The second-order valence-electron chi connectivity index (χ2n) is 3.35. The molecule has 0 spiro atoms. The molecule has 0 aliphatic rings. The summed E-state index contributed by atoms with van der Waals surface area (Å²) >= 11 is 0. The Kier molecular flexibility index (Phi) is 4.45. The van der Waals surface area contributed by atoms with Gasteiger partial charge in [0.15, 0.2) is 28.7 Å². The van der Waals surface area contributed by atoms with Crippen LogP contribution in [0.15, 0.2) is 17.3 Å². The first-order valence-electron chi connectivity index (χ1n) is 4.90. The number of allylic oxidation sites excluding steroid dienone is 2. The van der Waals surface area contributed by atoms with E-state index >= 15 is 0 Å². The molecule has 0 aliphatic heterocycles. The highest BCUT2D eigenvalue weighted by molar-refractivity contribution is 5.68. The number of nitriles is 3. The van der Waals surface area contributed by atoms with Crippen LogP contribution in [0.25, 0.3) is 0 Å². The Balaban J connectivity index is 3.60. The summed E-state index contributed by atoms with van der Waals surface area (Å²) in [5.41, 5.74) is -4.02. The zero-order valence-corrected chi connectivity index (χ0v) is 9.82. The van der Waals surface area contributed by atoms with Gasteiger partial charge in [-0.3, -0.25) is 10.1 Å². The molecule has 1 N–H and O–H groups in total. The molecule has 1 aromatic rings. The average Bonchev–Trinajstić information content (AvgIpc) is 2.46. The summed E-state index contributed by atoms with van der Waals surface area (Å²) in [4.78, 5) is 9.48. The van der Waals surface area contributed by atoms with Gasteiger partial charge in [-0.15, -0.1) is 0 Å². The van der Waals surface area contributed by atoms with E-state index in [1.807, 2.05) is 0 Å². The molecule has 21 heavy (non-hydrogen) atoms. The van der Waals surface area contributed by atoms with Crippen LogP contribution in [0.4, 0.5) is 24.5 Å². The fourth-order valence-electron chi connectivity index (χ4n) is 1.25. The standard InChI is InChI=1S/C11H2F3N5O2/c12-6-1-8(19(20)21)11(10(14)9(6)13)18-7(4-17)5(2-15)3-16/h1,18H. The largest absolute Gasteiger partial charge is 0.337 e. The number of nitro groups is 1. The van der Waals surface area contributed by atoms with Crippen molar-refractivity contribution in [1.82, 2.24) is 0 Å². The van der Waals surface area contributed by atoms with Crippen LogP contribution in [0.5, 0.6) is 0 Å². The molecule has 0 aromatic heterocycles. The molecule has 1 aromatic carbocycles. The van der Waals surface area contributed by atoms with Crippen molar-refractivity contribution in [3.63, 3.8) is 0 Å². The van der Waals surface area contributed by atoms with Gasteiger partial charge in [0.1, 0.15) is 23.9 Å². The zero-order valence-electron chi connectivity index (χ0n) is 9.82. The molecule has 104 valence electrons. The first kappa shape index (κ1) is 15.5. The van der Waals surface area contributed by atoms with E-state index in [-0.39, 0.29) is 6.07 Å². The van der Waals surface area contributed by atoms with E-state index in [9.17, 15) is 23.3 Å². The van der Waals surface area contributed by atoms with Crippen molar-refractivity contribution in [3.05, 3.63) is 44.9 Å². The van der Waals surface area contributed by atoms with E-state index in [1.165, 1.54) is 18.2 Å². The van der Waals surface area contributed by atoms with Crippen LogP contribution >= 0.6 is 0 Å². The number of hydrogen-bond donors (Lipinski definition) is 1. The summed E-state index contributed by atoms with van der Waals surface area (Å²) in [5, 5.41) is 38.3. The fraction of sp³-hybridized carbons (Fsp3) is 0. The minimum absolute atomic E-state index is 0.105. The SMILES string of the molecule is N#CC(C#N)=C(C#N)Nc1c([N+](=O)[O-])cc(F)c(F)c1F. The Morgan fingerprint density at radius 1 is 1.14 bits per heavy atom. The van der Waals surface area contributed by atoms with Gasteiger partial charge in [0.25, 0.3) is 5.69 Å². The second-order valence-corrected chi connectivity index (χ2v) is 3.35. The van der Waals surface area contributed by atoms with Crippen LogP contribution in [0, 0.1) is 61.6 Å². The lowest BCUT2D eigenvalue weighted by atomic mass is 10.2. The van der Waals surface area contributed by atoms with Gasteiger partial charge < -0.3 is 5.32 Å². The normalized spacial score (nSPS) is 8.95. The van der Waals surface area contributed by atoms with Crippen LogP contribution < -0.4 is 5.32 Å². The predicted octanol–water partition coefficient (Wildman–Crippen LogP) is 2.25. The molecule has 0 radical (unpaired) electrons. The third-order valence-corrected chi connectivity index (χ3v) is 2.17. The van der Waals surface area contributed by atoms with Gasteiger partial charge in [0.05, 0.1) is 11.0 Å². The minimum atomic E-state index is -2.00. The van der Waals surface area contributed by atoms with Crippen LogP contribution in [0.3, 0.4) is 0 Å². The summed E-state index contributed by atoms with van der Waals surface area (Å²) in [5.74, 6) is -5.76. The van der Waals surface area contributed by atoms with Gasteiger partial charge in [0, 0.05) is 0 Å². The summed E-state index contributed by atoms with van der Waals surface area (Å²) < 4.78 is 39.6. The van der Waals surface area contributed by atoms with Gasteiger partial charge >= 0.3 is 0 Å². The Hall–Kier alpha value is -3.58. The highest BCUT2D eigenvalue weighted by Gasteiger charge is 2.27. The number of benzene rings is 1. The average molecular weight is 293 g/mol. The van der Waals surface area contributed by atoms with Crippen LogP contribution in [0.2, 0.25) is 0 Å². The maximum Gasteiger partial charge on any atom is 0.298 e. The van der Waals surface area contributed by atoms with Gasteiger partial charge in [-0.05, 0) is 0 Å². The van der Waals surface area contributed by atoms with Crippen molar-refractivity contribution in [3.8, 4) is 18.2 Å². The summed E-state index contributed by atoms with van der Waals surface area (Å²) in [6, 6.07) is 3.98. The van der Waals surface area contributed by atoms with Crippen molar-refractivity contribution in [2.24, 2.45) is 0 Å². The molecule has 10 heteroatoms. The zero-order chi connectivity index (χ0) is 16.2. The third kappa shape index (κ3) is 2.88. The minimum Gasteiger partial charge on any atom is -0.337 e. The lowest BCUT2D eigenvalue weighted by Gasteiger charge is -2.08. The highest BCUT2D eigenvalue weighted by Crippen LogP contribution is 2.32. The molecular weight excluding hydrogens is 291 g/mol. The third-order valence-electron chi connectivity index (χ3n) is 2.17. The molecule has 1 rings (SSSR count). The Bertz CT molecular complexity index is 767. The molecule has 0 atom stereocenters. The number of anilines is 1. The molecule has 0 bridgehead atoms. The number of nitro benzene ring substituents is 1. The number of hydrogen-bond acceptors (Lipinski definition) is 6. The molecule has 0 aliphatic carbocycles. The highest BCUT2D eigenvalue weighted by atomic mass is 19.2. The van der Waals surface area contributed by atoms with E-state index in [0.29, 0.717) is 0 Å². The quantitative estimate of drug-likeness (QED) is 0.394. The van der Waals surface area contributed by atoms with Crippen molar-refractivity contribution in [2.45, 2.75) is 0 Å². The Labute approximate surface area is 114 Å². The Morgan fingerprint density at radius 3 is 2.14 bits per heavy atom. The first-order chi connectivity index (χ1) is 9.87. The van der Waals surface area contributed by atoms with Crippen LogP contribution in [0.1, 0.15) is 0 Å². The molecular formula is C11H2F3N5O2. The maximum absolute atomic E-state index is 13.6. The smallest absolute Gasteiger partial charge is 0.298 e. The summed E-state index contributed by atoms with van der Waals surface area (Å²) in [6.45, 7) is 0. The van der Waals surface area contributed by atoms with Gasteiger partial charge in [0.2, 0.25) is 0 Å². The van der Waals surface area contributed by atoms with E-state index in [4.69, 9.17) is 15.8 Å². The number of nitrogens with zero attached hydrogens (tertiary/aromatic N) is 4. The molecule has 0 heterocycles.